The first-order chi connectivity index (χ1) is 25.0. The molecule has 11 nitrogen and oxygen atoms in total. The number of hydrogen-bond acceptors (Lipinski definition) is 9. The summed E-state index contributed by atoms with van der Waals surface area (Å²) in [7, 11) is 2.96. The molecule has 2 aliphatic carbocycles. The lowest BCUT2D eigenvalue weighted by molar-refractivity contribution is -0.121. The number of carbonyl (C=O) groups is 1. The quantitative estimate of drug-likeness (QED) is 0.153. The van der Waals surface area contributed by atoms with Crippen molar-refractivity contribution in [1.82, 2.24) is 9.29 Å². The number of anilines is 1. The van der Waals surface area contributed by atoms with Crippen LogP contribution in [0.4, 0.5) is 14.5 Å². The first-order valence-electron chi connectivity index (χ1n) is 16.7. The smallest absolute Gasteiger partial charge is 0.261 e. The minimum Gasteiger partial charge on any atom is -0.497 e. The summed E-state index contributed by atoms with van der Waals surface area (Å²) in [6, 6.07) is 15.6. The molecule has 0 bridgehead atoms. The maximum absolute atomic E-state index is 14.8. The molecular formula is C38H41F2N3O8S. The average Bonchev–Trinajstić information content (AvgIpc) is 3.94. The number of rotatable bonds is 14. The molecule has 276 valence electrons. The van der Waals surface area contributed by atoms with E-state index in [1.165, 1.54) is 64.3 Å². The number of halogens is 2. The van der Waals surface area contributed by atoms with Gasteiger partial charge in [-0.3, -0.25) is 4.79 Å². The molecule has 2 aliphatic rings. The molecule has 2 fully saturated rings. The molecule has 1 amide bonds. The number of fused-ring (bicyclic) bond motifs is 1. The highest BCUT2D eigenvalue weighted by Gasteiger charge is 2.50. The number of ether oxygens (including phenoxy) is 5. The van der Waals surface area contributed by atoms with Crippen molar-refractivity contribution in [2.24, 2.45) is 17.8 Å². The van der Waals surface area contributed by atoms with Gasteiger partial charge in [-0.15, -0.1) is 0 Å². The highest BCUT2D eigenvalue weighted by molar-refractivity contribution is 7.89. The van der Waals surface area contributed by atoms with E-state index >= 15 is 0 Å². The SMILES string of the molecule is COc1ccc(CN(Cc2ccc(OC)cc2OC)S(=O)(=O)c2cc(NC(=O)C3CC4CC4CC3c3ccc(F)c(F)c3OC)ccn2)c(OC)c1. The van der Waals surface area contributed by atoms with Crippen molar-refractivity contribution in [3.05, 3.63) is 95.2 Å². The van der Waals surface area contributed by atoms with Crippen molar-refractivity contribution in [2.45, 2.75) is 43.3 Å². The van der Waals surface area contributed by atoms with Crippen molar-refractivity contribution < 1.29 is 45.7 Å². The van der Waals surface area contributed by atoms with Crippen molar-refractivity contribution in [3.63, 3.8) is 0 Å². The van der Waals surface area contributed by atoms with Crippen LogP contribution in [0.15, 0.2) is 71.9 Å². The van der Waals surface area contributed by atoms with E-state index in [0.29, 0.717) is 64.4 Å². The molecule has 2 saturated carbocycles. The number of nitrogens with zero attached hydrogens (tertiary/aromatic N) is 2. The second-order valence-corrected chi connectivity index (χ2v) is 14.8. The number of sulfonamides is 1. The lowest BCUT2D eigenvalue weighted by Gasteiger charge is -2.31. The van der Waals surface area contributed by atoms with Gasteiger partial charge in [0, 0.05) is 65.8 Å². The Bertz CT molecular complexity index is 2010. The molecule has 1 aromatic heterocycles. The number of pyridine rings is 1. The summed E-state index contributed by atoms with van der Waals surface area (Å²) >= 11 is 0. The Hall–Kier alpha value is -4.95. The highest BCUT2D eigenvalue weighted by atomic mass is 32.2. The molecule has 0 radical (unpaired) electrons. The maximum atomic E-state index is 14.8. The summed E-state index contributed by atoms with van der Waals surface area (Å²) in [6.45, 7) is -0.212. The third kappa shape index (κ3) is 7.49. The number of nitrogens with one attached hydrogen (secondary N) is 1. The van der Waals surface area contributed by atoms with Crippen molar-refractivity contribution in [1.29, 1.82) is 0 Å². The Kier molecular flexibility index (Phi) is 10.9. The van der Waals surface area contributed by atoms with E-state index in [9.17, 15) is 22.0 Å². The van der Waals surface area contributed by atoms with Gasteiger partial charge >= 0.3 is 0 Å². The van der Waals surface area contributed by atoms with Crippen LogP contribution in [0.25, 0.3) is 0 Å². The summed E-state index contributed by atoms with van der Waals surface area (Å²) in [4.78, 5) is 18.2. The normalized spacial score (nSPS) is 19.4. The van der Waals surface area contributed by atoms with Gasteiger partial charge in [-0.05, 0) is 61.3 Å². The molecule has 52 heavy (non-hydrogen) atoms. The van der Waals surface area contributed by atoms with Crippen LogP contribution in [-0.2, 0) is 27.9 Å². The van der Waals surface area contributed by atoms with Crippen LogP contribution < -0.4 is 29.0 Å². The molecular weight excluding hydrogens is 696 g/mol. The second kappa shape index (κ2) is 15.3. The van der Waals surface area contributed by atoms with Crippen LogP contribution in [0.3, 0.4) is 0 Å². The van der Waals surface area contributed by atoms with Crippen molar-refractivity contribution in [3.8, 4) is 28.7 Å². The molecule has 0 saturated heterocycles. The molecule has 0 spiro atoms. The number of carbonyl (C=O) groups excluding carboxylic acids is 1. The van der Waals surface area contributed by atoms with Crippen LogP contribution in [0, 0.1) is 29.4 Å². The van der Waals surface area contributed by atoms with Gasteiger partial charge in [0.25, 0.3) is 10.0 Å². The Morgan fingerprint density at radius 3 is 1.98 bits per heavy atom. The van der Waals surface area contributed by atoms with E-state index < -0.39 is 33.5 Å². The Labute approximate surface area is 301 Å². The Morgan fingerprint density at radius 2 is 1.40 bits per heavy atom. The third-order valence-corrected chi connectivity index (χ3v) is 11.7. The zero-order valence-corrected chi connectivity index (χ0v) is 30.3. The third-order valence-electron chi connectivity index (χ3n) is 9.98. The van der Waals surface area contributed by atoms with Crippen molar-refractivity contribution >= 4 is 21.6 Å². The number of aromatic nitrogens is 1. The van der Waals surface area contributed by atoms with Gasteiger partial charge in [-0.2, -0.15) is 8.70 Å². The van der Waals surface area contributed by atoms with E-state index in [0.717, 1.165) is 12.5 Å². The predicted molar refractivity (Wildman–Crippen MR) is 188 cm³/mol. The van der Waals surface area contributed by atoms with Gasteiger partial charge in [-0.1, -0.05) is 18.2 Å². The average molecular weight is 738 g/mol. The van der Waals surface area contributed by atoms with E-state index in [1.807, 2.05) is 0 Å². The topological polar surface area (TPSA) is 126 Å². The Morgan fingerprint density at radius 1 is 0.788 bits per heavy atom. The molecule has 0 aliphatic heterocycles. The summed E-state index contributed by atoms with van der Waals surface area (Å²) < 4.78 is 86.1. The lowest BCUT2D eigenvalue weighted by Crippen LogP contribution is -2.33. The number of benzene rings is 3. The molecule has 3 aromatic carbocycles. The van der Waals surface area contributed by atoms with Crippen LogP contribution >= 0.6 is 0 Å². The summed E-state index contributed by atoms with van der Waals surface area (Å²) in [5.41, 5.74) is 1.79. The lowest BCUT2D eigenvalue weighted by atomic mass is 9.74. The molecule has 14 heteroatoms. The fourth-order valence-electron chi connectivity index (χ4n) is 7.11. The molecule has 6 rings (SSSR count). The fourth-order valence-corrected chi connectivity index (χ4v) is 8.47. The van der Waals surface area contributed by atoms with Crippen LogP contribution in [0.5, 0.6) is 28.7 Å². The molecule has 1 N–H and O–H groups in total. The number of hydrogen-bond donors (Lipinski definition) is 1. The predicted octanol–water partition coefficient (Wildman–Crippen LogP) is 6.56. The van der Waals surface area contributed by atoms with Gasteiger partial charge in [-0.25, -0.2) is 17.8 Å². The van der Waals surface area contributed by atoms with Gasteiger partial charge in [0.1, 0.15) is 23.0 Å². The monoisotopic (exact) mass is 737 g/mol. The molecule has 4 aromatic rings. The van der Waals surface area contributed by atoms with Gasteiger partial charge in [0.15, 0.2) is 16.6 Å². The van der Waals surface area contributed by atoms with Crippen LogP contribution in [0.2, 0.25) is 0 Å². The van der Waals surface area contributed by atoms with E-state index in [4.69, 9.17) is 23.7 Å². The molecule has 4 atom stereocenters. The summed E-state index contributed by atoms with van der Waals surface area (Å²) in [5, 5.41) is 2.59. The van der Waals surface area contributed by atoms with Gasteiger partial charge < -0.3 is 29.0 Å². The highest BCUT2D eigenvalue weighted by Crippen LogP contribution is 2.57. The molecule has 1 heterocycles. The maximum Gasteiger partial charge on any atom is 0.261 e. The minimum absolute atomic E-state index is 0.106. The van der Waals surface area contributed by atoms with E-state index in [2.05, 4.69) is 10.3 Å². The second-order valence-electron chi connectivity index (χ2n) is 12.9. The molecule has 4 unspecified atom stereocenters. The zero-order valence-electron chi connectivity index (χ0n) is 29.5. The standard InChI is InChI=1S/C38H41F2N3O8S/c1-47-27-8-6-22(33(18-27)49-3)20-43(21-23-7-9-28(48-2)19-34(23)50-4)52(45,46)35-17-26(12-13-41-35)42-38(44)31-16-25-14-24(25)15-30(31)29-10-11-32(39)36(40)37(29)51-5/h6-13,17-19,24-25,30-31H,14-16,20-21H2,1-5H3,(H,41,42,44). The number of methoxy groups -OCH3 is 5. The van der Waals surface area contributed by atoms with E-state index in [-0.39, 0.29) is 35.5 Å². The van der Waals surface area contributed by atoms with E-state index in [1.54, 1.807) is 36.4 Å². The first kappa shape index (κ1) is 36.8. The van der Waals surface area contributed by atoms with Gasteiger partial charge in [0.05, 0.1) is 35.5 Å². The first-order valence-corrected chi connectivity index (χ1v) is 18.2. The summed E-state index contributed by atoms with van der Waals surface area (Å²) in [5.74, 6) is -1.02. The van der Waals surface area contributed by atoms with Crippen molar-refractivity contribution in [2.75, 3.05) is 40.9 Å². The fraction of sp³-hybridized carbons (Fsp3) is 0.368. The van der Waals surface area contributed by atoms with Crippen LogP contribution in [-0.4, -0.2) is 59.2 Å². The van der Waals surface area contributed by atoms with Gasteiger partial charge in [0.2, 0.25) is 11.7 Å². The van der Waals surface area contributed by atoms with Crippen LogP contribution in [0.1, 0.15) is 41.9 Å². The largest absolute Gasteiger partial charge is 0.497 e. The minimum atomic E-state index is -4.33. The summed E-state index contributed by atoms with van der Waals surface area (Å²) in [6.07, 6.45) is 3.45. The zero-order chi connectivity index (χ0) is 37.2. The Balaban J connectivity index is 1.31. The number of amides is 1.